The number of nitrogens with zero attached hydrogens (tertiary/aromatic N) is 2. The lowest BCUT2D eigenvalue weighted by atomic mass is 9.81. The van der Waals surface area contributed by atoms with Gasteiger partial charge in [0.2, 0.25) is 5.69 Å². The lowest BCUT2D eigenvalue weighted by Gasteiger charge is -2.27. The molecule has 8 nitrogen and oxygen atoms in total. The van der Waals surface area contributed by atoms with Crippen LogP contribution in [-0.2, 0) is 44.2 Å². The van der Waals surface area contributed by atoms with Crippen molar-refractivity contribution >= 4 is 48.9 Å². The van der Waals surface area contributed by atoms with Crippen molar-refractivity contribution in [1.29, 1.82) is 0 Å². The Morgan fingerprint density at radius 2 is 1.42 bits per heavy atom. The summed E-state index contributed by atoms with van der Waals surface area (Å²) in [5, 5.41) is 0.666. The molecule has 0 atom stereocenters. The second-order valence-corrected chi connectivity index (χ2v) is 18.5. The van der Waals surface area contributed by atoms with Crippen molar-refractivity contribution in [2.45, 2.75) is 80.7 Å². The monoisotopic (exact) mass is 794 g/mol. The van der Waals surface area contributed by atoms with Gasteiger partial charge in [-0.3, -0.25) is 4.55 Å². The summed E-state index contributed by atoms with van der Waals surface area (Å²) < 4.78 is 72.4. The fourth-order valence-corrected chi connectivity index (χ4v) is 9.38. The van der Waals surface area contributed by atoms with E-state index in [4.69, 9.17) is 11.6 Å². The molecular formula is C44H43ClN2O6S2. The molecule has 0 saturated carbocycles. The molecule has 2 aliphatic heterocycles. The van der Waals surface area contributed by atoms with Crippen LogP contribution >= 0.6 is 11.6 Å². The largest absolute Gasteiger partial charge is 0.744 e. The third-order valence-electron chi connectivity index (χ3n) is 11.0. The number of hydrogen-bond acceptors (Lipinski definition) is 6. The highest BCUT2D eigenvalue weighted by Crippen LogP contribution is 2.49. The number of allylic oxidation sites excluding steroid dienone is 8. The van der Waals surface area contributed by atoms with E-state index in [0.717, 1.165) is 75.4 Å². The number of hydrogen-bond donors (Lipinski definition) is 1. The van der Waals surface area contributed by atoms with Crippen molar-refractivity contribution in [3.8, 4) is 0 Å². The van der Waals surface area contributed by atoms with Crippen molar-refractivity contribution in [2.75, 3.05) is 4.90 Å². The molecule has 7 rings (SSSR count). The Morgan fingerprint density at radius 3 is 2.07 bits per heavy atom. The maximum Gasteiger partial charge on any atom is 0.294 e. The number of rotatable bonds is 9. The van der Waals surface area contributed by atoms with Gasteiger partial charge >= 0.3 is 0 Å². The normalized spacial score (nSPS) is 19.5. The second kappa shape index (κ2) is 14.5. The van der Waals surface area contributed by atoms with Gasteiger partial charge in [-0.25, -0.2) is 8.42 Å². The predicted octanol–water partition coefficient (Wildman–Crippen LogP) is 9.46. The van der Waals surface area contributed by atoms with Crippen molar-refractivity contribution in [3.63, 3.8) is 0 Å². The van der Waals surface area contributed by atoms with E-state index in [-0.39, 0.29) is 9.79 Å². The molecule has 0 amide bonds. The minimum Gasteiger partial charge on any atom is -0.744 e. The van der Waals surface area contributed by atoms with E-state index in [1.54, 1.807) is 18.2 Å². The van der Waals surface area contributed by atoms with Crippen LogP contribution in [0.4, 0.5) is 11.4 Å². The number of anilines is 1. The topological polar surface area (TPSA) is 118 Å². The van der Waals surface area contributed by atoms with Gasteiger partial charge < -0.3 is 9.45 Å². The highest BCUT2D eigenvalue weighted by Gasteiger charge is 2.45. The van der Waals surface area contributed by atoms with Crippen LogP contribution in [-0.4, -0.2) is 36.2 Å². The maximum absolute atomic E-state index is 12.1. The van der Waals surface area contributed by atoms with Gasteiger partial charge in [-0.15, -0.1) is 0 Å². The van der Waals surface area contributed by atoms with Gasteiger partial charge in [0.05, 0.1) is 15.2 Å². The van der Waals surface area contributed by atoms with E-state index < -0.39 is 31.1 Å². The SMILES string of the molecule is CC1(C)C(/C=C/C2=C(Cl)C(=C\C=C3\N(Cc4ccccc4)c4ccc(S(=O)(=O)O)cc4C3(C)C)/CCC2)=[N+](Cc2ccccc2)c2ccc(S(=O)(=O)[O-])cc21. The van der Waals surface area contributed by atoms with Crippen molar-refractivity contribution in [3.05, 3.63) is 165 Å². The summed E-state index contributed by atoms with van der Waals surface area (Å²) in [6.07, 6.45) is 10.7. The van der Waals surface area contributed by atoms with E-state index in [1.807, 2.05) is 62.4 Å². The Kier molecular flexibility index (Phi) is 10.2. The second-order valence-electron chi connectivity index (χ2n) is 15.3. The first-order valence-electron chi connectivity index (χ1n) is 18.2. The molecule has 0 radical (unpaired) electrons. The molecule has 4 aromatic rings. The maximum atomic E-state index is 12.1. The molecule has 4 aromatic carbocycles. The third-order valence-corrected chi connectivity index (χ3v) is 13.2. The van der Waals surface area contributed by atoms with Crippen LogP contribution in [0.3, 0.4) is 0 Å². The minimum atomic E-state index is -4.64. The average Bonchev–Trinajstić information content (AvgIpc) is 3.48. The summed E-state index contributed by atoms with van der Waals surface area (Å²) in [5.74, 6) is 0. The lowest BCUT2D eigenvalue weighted by Crippen LogP contribution is -2.27. The lowest BCUT2D eigenvalue weighted by molar-refractivity contribution is -0.455. The van der Waals surface area contributed by atoms with Crippen LogP contribution in [0.5, 0.6) is 0 Å². The fraction of sp³-hybridized carbons (Fsp3) is 0.250. The first-order chi connectivity index (χ1) is 26.0. The standard InChI is InChI=1S/C44H43ClN2O6S2/c1-43(2)36-26-34(54(48,49)50)20-22-38(36)46(28-30-12-7-5-8-13-30)40(43)24-18-32-16-11-17-33(42(32)45)19-25-41-44(3,4)37-27-35(55(51,52)53)21-23-39(37)47(41)29-31-14-9-6-10-15-31/h5-10,12-15,18-27H,11,16-17,28-29H2,1-4H3,(H-,48,49,50,51,52,53). The summed E-state index contributed by atoms with van der Waals surface area (Å²) in [6.45, 7) is 9.29. The Hall–Kier alpha value is -4.58. The zero-order valence-corrected chi connectivity index (χ0v) is 33.5. The zero-order chi connectivity index (χ0) is 39.3. The molecule has 284 valence electrons. The summed E-state index contributed by atoms with van der Waals surface area (Å²) >= 11 is 7.21. The molecule has 0 spiro atoms. The molecule has 0 aromatic heterocycles. The van der Waals surface area contributed by atoms with Crippen LogP contribution < -0.4 is 4.90 Å². The summed E-state index contributed by atoms with van der Waals surface area (Å²) in [4.78, 5) is 1.80. The molecule has 1 aliphatic carbocycles. The van der Waals surface area contributed by atoms with Gasteiger partial charge in [0.15, 0.2) is 12.3 Å². The number of halogens is 1. The molecule has 55 heavy (non-hydrogen) atoms. The predicted molar refractivity (Wildman–Crippen MR) is 216 cm³/mol. The molecule has 3 aliphatic rings. The summed E-state index contributed by atoms with van der Waals surface area (Å²) in [7, 11) is -9.04. The highest BCUT2D eigenvalue weighted by molar-refractivity contribution is 7.86. The Labute approximate surface area is 329 Å². The van der Waals surface area contributed by atoms with E-state index in [0.29, 0.717) is 18.1 Å². The van der Waals surface area contributed by atoms with Gasteiger partial charge in [0.1, 0.15) is 10.1 Å². The van der Waals surface area contributed by atoms with Gasteiger partial charge in [-0.2, -0.15) is 13.0 Å². The Morgan fingerprint density at radius 1 is 0.782 bits per heavy atom. The number of fused-ring (bicyclic) bond motifs is 2. The smallest absolute Gasteiger partial charge is 0.294 e. The van der Waals surface area contributed by atoms with Gasteiger partial charge in [0, 0.05) is 51.6 Å². The van der Waals surface area contributed by atoms with Crippen molar-refractivity contribution in [2.24, 2.45) is 0 Å². The molecule has 11 heteroatoms. The zero-order valence-electron chi connectivity index (χ0n) is 31.2. The first-order valence-corrected chi connectivity index (χ1v) is 21.4. The summed E-state index contributed by atoms with van der Waals surface area (Å²) in [5.41, 5.74) is 8.12. The first kappa shape index (κ1) is 38.7. The number of benzene rings is 4. The molecular weight excluding hydrogens is 752 g/mol. The molecule has 0 saturated heterocycles. The van der Waals surface area contributed by atoms with E-state index in [2.05, 4.69) is 59.8 Å². The van der Waals surface area contributed by atoms with E-state index >= 15 is 0 Å². The third kappa shape index (κ3) is 7.54. The van der Waals surface area contributed by atoms with Crippen LogP contribution in [0.2, 0.25) is 0 Å². The average molecular weight is 795 g/mol. The van der Waals surface area contributed by atoms with Crippen molar-refractivity contribution in [1.82, 2.24) is 0 Å². The van der Waals surface area contributed by atoms with Crippen LogP contribution in [0, 0.1) is 0 Å². The molecule has 0 fully saturated rings. The van der Waals surface area contributed by atoms with Crippen LogP contribution in [0.1, 0.15) is 69.2 Å². The fourth-order valence-electron chi connectivity index (χ4n) is 8.06. The van der Waals surface area contributed by atoms with Gasteiger partial charge in [-0.1, -0.05) is 98.3 Å². The molecule has 2 heterocycles. The van der Waals surface area contributed by atoms with Gasteiger partial charge in [0.25, 0.3) is 10.1 Å². The molecule has 0 bridgehead atoms. The molecule has 1 N–H and O–H groups in total. The quantitative estimate of drug-likeness (QED) is 0.133. The Balaban J connectivity index is 1.27. The van der Waals surface area contributed by atoms with Crippen molar-refractivity contribution < 1.29 is 30.5 Å². The minimum absolute atomic E-state index is 0.141. The van der Waals surface area contributed by atoms with Gasteiger partial charge in [-0.05, 0) is 91.8 Å². The van der Waals surface area contributed by atoms with Crippen LogP contribution in [0.25, 0.3) is 0 Å². The highest BCUT2D eigenvalue weighted by atomic mass is 35.5. The van der Waals surface area contributed by atoms with E-state index in [1.165, 1.54) is 18.2 Å². The van der Waals surface area contributed by atoms with E-state index in [9.17, 15) is 25.9 Å². The Bertz CT molecular complexity index is 2570. The molecule has 0 unspecified atom stereocenters. The van der Waals surface area contributed by atoms with Crippen LogP contribution in [0.15, 0.2) is 153 Å². The summed E-state index contributed by atoms with van der Waals surface area (Å²) in [6, 6.07) is 29.5.